The molecular formula is C11H15N3O3. The van der Waals surface area contributed by atoms with Gasteiger partial charge < -0.3 is 20.1 Å². The molecule has 2 heterocycles. The second-order valence-corrected chi connectivity index (χ2v) is 3.73. The van der Waals surface area contributed by atoms with Crippen molar-refractivity contribution >= 4 is 17.5 Å². The number of morpholine rings is 1. The highest BCUT2D eigenvalue weighted by Gasteiger charge is 2.15. The van der Waals surface area contributed by atoms with E-state index in [0.29, 0.717) is 19.0 Å². The smallest absolute Gasteiger partial charge is 0.356 e. The summed E-state index contributed by atoms with van der Waals surface area (Å²) in [4.78, 5) is 17.5. The normalized spacial score (nSPS) is 15.7. The van der Waals surface area contributed by atoms with Gasteiger partial charge in [-0.25, -0.2) is 9.78 Å². The number of hydrogen-bond donors (Lipinski definition) is 1. The number of carbonyl (C=O) groups is 1. The van der Waals surface area contributed by atoms with Crippen molar-refractivity contribution in [1.82, 2.24) is 4.98 Å². The van der Waals surface area contributed by atoms with Crippen molar-refractivity contribution in [2.75, 3.05) is 44.0 Å². The molecule has 0 atom stereocenters. The van der Waals surface area contributed by atoms with Crippen molar-refractivity contribution in [1.29, 1.82) is 0 Å². The molecule has 1 aliphatic heterocycles. The van der Waals surface area contributed by atoms with E-state index < -0.39 is 5.97 Å². The van der Waals surface area contributed by atoms with E-state index in [4.69, 9.17) is 10.5 Å². The first-order chi connectivity index (χ1) is 8.20. The summed E-state index contributed by atoms with van der Waals surface area (Å²) in [5.74, 6) is -0.166. The number of rotatable bonds is 2. The summed E-state index contributed by atoms with van der Waals surface area (Å²) in [7, 11) is 1.32. The van der Waals surface area contributed by atoms with Gasteiger partial charge >= 0.3 is 5.97 Å². The van der Waals surface area contributed by atoms with Gasteiger partial charge in [0.05, 0.1) is 20.3 Å². The molecule has 0 spiro atoms. The van der Waals surface area contributed by atoms with Gasteiger partial charge in [0.15, 0.2) is 5.69 Å². The molecule has 1 aliphatic rings. The first kappa shape index (κ1) is 11.7. The first-order valence-electron chi connectivity index (χ1n) is 5.39. The van der Waals surface area contributed by atoms with Crippen molar-refractivity contribution in [3.8, 4) is 0 Å². The van der Waals surface area contributed by atoms with Crippen LogP contribution in [0.4, 0.5) is 11.5 Å². The van der Waals surface area contributed by atoms with Crippen LogP contribution in [-0.2, 0) is 9.47 Å². The first-order valence-corrected chi connectivity index (χ1v) is 5.39. The van der Waals surface area contributed by atoms with Gasteiger partial charge in [0.1, 0.15) is 5.82 Å². The molecule has 0 aliphatic carbocycles. The van der Waals surface area contributed by atoms with Gasteiger partial charge in [-0.05, 0) is 6.07 Å². The lowest BCUT2D eigenvalue weighted by molar-refractivity contribution is 0.0594. The topological polar surface area (TPSA) is 77.7 Å². The molecule has 92 valence electrons. The standard InChI is InChI=1S/C11H15N3O3/c1-16-11(15)9-6-8(7-10(12)13-9)14-2-4-17-5-3-14/h6-7H,2-5H2,1H3,(H2,12,13). The molecule has 2 rings (SSSR count). The quantitative estimate of drug-likeness (QED) is 0.745. The van der Waals surface area contributed by atoms with Crippen LogP contribution in [0.2, 0.25) is 0 Å². The second kappa shape index (κ2) is 5.01. The summed E-state index contributed by atoms with van der Waals surface area (Å²) >= 11 is 0. The summed E-state index contributed by atoms with van der Waals surface area (Å²) in [5, 5.41) is 0. The van der Waals surface area contributed by atoms with E-state index in [9.17, 15) is 4.79 Å². The summed E-state index contributed by atoms with van der Waals surface area (Å²) in [6.07, 6.45) is 0. The number of nitrogen functional groups attached to an aromatic ring is 1. The van der Waals surface area contributed by atoms with E-state index in [2.05, 4.69) is 14.6 Å². The molecule has 6 nitrogen and oxygen atoms in total. The molecule has 1 aromatic rings. The molecule has 0 unspecified atom stereocenters. The number of hydrogen-bond acceptors (Lipinski definition) is 6. The summed E-state index contributed by atoms with van der Waals surface area (Å²) in [6, 6.07) is 3.44. The van der Waals surface area contributed by atoms with Crippen molar-refractivity contribution in [3.63, 3.8) is 0 Å². The number of anilines is 2. The van der Waals surface area contributed by atoms with Crippen LogP contribution >= 0.6 is 0 Å². The third kappa shape index (κ3) is 2.65. The minimum Gasteiger partial charge on any atom is -0.464 e. The second-order valence-electron chi connectivity index (χ2n) is 3.73. The molecule has 0 radical (unpaired) electrons. The Bertz CT molecular complexity index is 416. The lowest BCUT2D eigenvalue weighted by atomic mass is 10.2. The summed E-state index contributed by atoms with van der Waals surface area (Å²) in [6.45, 7) is 2.92. The molecule has 0 bridgehead atoms. The summed E-state index contributed by atoms with van der Waals surface area (Å²) < 4.78 is 9.90. The number of methoxy groups -OCH3 is 1. The van der Waals surface area contributed by atoms with Crippen LogP contribution in [0.25, 0.3) is 0 Å². The highest BCUT2D eigenvalue weighted by atomic mass is 16.5. The molecule has 0 saturated carbocycles. The Morgan fingerprint density at radius 1 is 1.47 bits per heavy atom. The molecule has 1 fully saturated rings. The molecule has 0 aromatic carbocycles. The third-order valence-electron chi connectivity index (χ3n) is 2.60. The molecule has 17 heavy (non-hydrogen) atoms. The molecule has 0 amide bonds. The number of pyridine rings is 1. The zero-order valence-corrected chi connectivity index (χ0v) is 9.68. The fraction of sp³-hybridized carbons (Fsp3) is 0.455. The molecule has 1 saturated heterocycles. The lowest BCUT2D eigenvalue weighted by Gasteiger charge is -2.29. The highest BCUT2D eigenvalue weighted by Crippen LogP contribution is 2.19. The molecule has 1 aromatic heterocycles. The number of ether oxygens (including phenoxy) is 2. The Morgan fingerprint density at radius 2 is 2.18 bits per heavy atom. The Kier molecular flexibility index (Phi) is 3.43. The average molecular weight is 237 g/mol. The Morgan fingerprint density at radius 3 is 2.82 bits per heavy atom. The van der Waals surface area contributed by atoms with Gasteiger partial charge in [0.25, 0.3) is 0 Å². The zero-order chi connectivity index (χ0) is 12.3. The Labute approximate surface area is 99.3 Å². The van der Waals surface area contributed by atoms with Crippen molar-refractivity contribution < 1.29 is 14.3 Å². The predicted molar refractivity (Wildman–Crippen MR) is 63.0 cm³/mol. The maximum absolute atomic E-state index is 11.4. The molecular weight excluding hydrogens is 222 g/mol. The third-order valence-corrected chi connectivity index (χ3v) is 2.60. The molecule has 6 heteroatoms. The molecule has 2 N–H and O–H groups in total. The van der Waals surface area contributed by atoms with E-state index >= 15 is 0 Å². The Balaban J connectivity index is 2.27. The van der Waals surface area contributed by atoms with Crippen molar-refractivity contribution in [3.05, 3.63) is 17.8 Å². The fourth-order valence-electron chi connectivity index (χ4n) is 1.75. The van der Waals surface area contributed by atoms with Gasteiger partial charge in [-0.2, -0.15) is 0 Å². The van der Waals surface area contributed by atoms with Crippen molar-refractivity contribution in [2.24, 2.45) is 0 Å². The van der Waals surface area contributed by atoms with Crippen LogP contribution in [0, 0.1) is 0 Å². The minimum atomic E-state index is -0.480. The largest absolute Gasteiger partial charge is 0.464 e. The predicted octanol–water partition coefficient (Wildman–Crippen LogP) is 0.287. The number of carbonyl (C=O) groups excluding carboxylic acids is 1. The van der Waals surface area contributed by atoms with Gasteiger partial charge in [-0.1, -0.05) is 0 Å². The number of aromatic nitrogens is 1. The van der Waals surface area contributed by atoms with Gasteiger partial charge in [-0.15, -0.1) is 0 Å². The average Bonchev–Trinajstić information content (AvgIpc) is 2.38. The van der Waals surface area contributed by atoms with Crippen LogP contribution < -0.4 is 10.6 Å². The minimum absolute atomic E-state index is 0.231. The summed E-state index contributed by atoms with van der Waals surface area (Å²) in [5.41, 5.74) is 6.79. The van der Waals surface area contributed by atoms with Crippen LogP contribution in [0.1, 0.15) is 10.5 Å². The van der Waals surface area contributed by atoms with E-state index in [1.807, 2.05) is 0 Å². The maximum Gasteiger partial charge on any atom is 0.356 e. The Hall–Kier alpha value is -1.82. The van der Waals surface area contributed by atoms with E-state index in [1.54, 1.807) is 12.1 Å². The van der Waals surface area contributed by atoms with Gasteiger partial charge in [-0.3, -0.25) is 0 Å². The number of esters is 1. The van der Waals surface area contributed by atoms with Crippen LogP contribution in [0.3, 0.4) is 0 Å². The zero-order valence-electron chi connectivity index (χ0n) is 9.68. The number of nitrogens with zero attached hydrogens (tertiary/aromatic N) is 2. The number of nitrogens with two attached hydrogens (primary N) is 1. The fourth-order valence-corrected chi connectivity index (χ4v) is 1.75. The van der Waals surface area contributed by atoms with Crippen LogP contribution in [0.5, 0.6) is 0 Å². The maximum atomic E-state index is 11.4. The van der Waals surface area contributed by atoms with E-state index in [1.165, 1.54) is 7.11 Å². The van der Waals surface area contributed by atoms with Crippen LogP contribution in [0.15, 0.2) is 12.1 Å². The monoisotopic (exact) mass is 237 g/mol. The van der Waals surface area contributed by atoms with Gasteiger partial charge in [0, 0.05) is 24.8 Å². The van der Waals surface area contributed by atoms with Crippen LogP contribution in [-0.4, -0.2) is 44.4 Å². The van der Waals surface area contributed by atoms with E-state index in [-0.39, 0.29) is 5.69 Å². The highest BCUT2D eigenvalue weighted by molar-refractivity contribution is 5.89. The lowest BCUT2D eigenvalue weighted by Crippen LogP contribution is -2.36. The van der Waals surface area contributed by atoms with Gasteiger partial charge in [0.2, 0.25) is 0 Å². The van der Waals surface area contributed by atoms with E-state index in [0.717, 1.165) is 18.8 Å². The SMILES string of the molecule is COC(=O)c1cc(N2CCOCC2)cc(N)n1. The van der Waals surface area contributed by atoms with Crippen molar-refractivity contribution in [2.45, 2.75) is 0 Å².